The highest BCUT2D eigenvalue weighted by Gasteiger charge is 2.11. The Hall–Kier alpha value is -2.32. The number of hydrogen-bond donors (Lipinski definition) is 2. The molecule has 0 atom stereocenters. The summed E-state index contributed by atoms with van der Waals surface area (Å²) in [5.41, 5.74) is 2.92. The van der Waals surface area contributed by atoms with Crippen LogP contribution in [0.1, 0.15) is 21.5 Å². The Morgan fingerprint density at radius 3 is 2.75 bits per heavy atom. The van der Waals surface area contributed by atoms with Crippen molar-refractivity contribution in [3.05, 3.63) is 57.6 Å². The number of carboxylic acids is 1. The second-order valence-corrected chi connectivity index (χ2v) is 5.09. The van der Waals surface area contributed by atoms with Crippen molar-refractivity contribution in [1.29, 1.82) is 5.26 Å². The number of para-hydroxylation sites is 1. The molecular formula is C15H11BrN2O2. The summed E-state index contributed by atoms with van der Waals surface area (Å²) in [6.07, 6.45) is 0. The second-order valence-electron chi connectivity index (χ2n) is 4.23. The maximum absolute atomic E-state index is 11.1. The molecule has 0 bridgehead atoms. The van der Waals surface area contributed by atoms with Crippen LogP contribution >= 0.6 is 15.9 Å². The maximum Gasteiger partial charge on any atom is 0.336 e. The molecule has 4 nitrogen and oxygen atoms in total. The van der Waals surface area contributed by atoms with Gasteiger partial charge in [-0.15, -0.1) is 0 Å². The number of nitriles is 1. The highest BCUT2D eigenvalue weighted by Crippen LogP contribution is 2.27. The summed E-state index contributed by atoms with van der Waals surface area (Å²) < 4.78 is 0.515. The third-order valence-electron chi connectivity index (χ3n) is 2.86. The highest BCUT2D eigenvalue weighted by atomic mass is 79.9. The molecule has 0 amide bonds. The molecule has 0 aliphatic carbocycles. The Kier molecular flexibility index (Phi) is 4.06. The molecule has 20 heavy (non-hydrogen) atoms. The number of nitrogens with one attached hydrogen (secondary N) is 1. The quantitative estimate of drug-likeness (QED) is 0.889. The molecule has 0 radical (unpaired) electrons. The van der Waals surface area contributed by atoms with E-state index in [2.05, 4.69) is 27.3 Å². The monoisotopic (exact) mass is 330 g/mol. The second kappa shape index (κ2) is 5.76. The van der Waals surface area contributed by atoms with Crippen LogP contribution in [-0.4, -0.2) is 11.1 Å². The van der Waals surface area contributed by atoms with Crippen LogP contribution in [0.3, 0.4) is 0 Å². The minimum absolute atomic E-state index is 0.169. The van der Waals surface area contributed by atoms with E-state index >= 15 is 0 Å². The molecule has 5 heteroatoms. The fourth-order valence-corrected chi connectivity index (χ4v) is 2.25. The number of carboxylic acid groups (broad SMARTS) is 1. The summed E-state index contributed by atoms with van der Waals surface area (Å²) >= 11 is 3.20. The van der Waals surface area contributed by atoms with Gasteiger partial charge < -0.3 is 10.4 Å². The molecule has 0 aromatic heterocycles. The van der Waals surface area contributed by atoms with Gasteiger partial charge in [-0.3, -0.25) is 0 Å². The highest BCUT2D eigenvalue weighted by molar-refractivity contribution is 9.10. The van der Waals surface area contributed by atoms with Crippen molar-refractivity contribution in [3.63, 3.8) is 0 Å². The minimum atomic E-state index is -1.01. The zero-order valence-corrected chi connectivity index (χ0v) is 12.2. The number of aryl methyl sites for hydroxylation is 1. The first-order valence-electron chi connectivity index (χ1n) is 5.82. The normalized spacial score (nSPS) is 9.85. The van der Waals surface area contributed by atoms with Crippen molar-refractivity contribution in [2.75, 3.05) is 5.32 Å². The maximum atomic E-state index is 11.1. The van der Waals surface area contributed by atoms with Gasteiger partial charge in [0.2, 0.25) is 0 Å². The number of aromatic carboxylic acids is 1. The largest absolute Gasteiger partial charge is 0.478 e. The SMILES string of the molecule is Cc1cccc(C#N)c1Nc1ccc(Br)c(C(=O)O)c1. The standard InChI is InChI=1S/C15H11BrN2O2/c1-9-3-2-4-10(8-17)14(9)18-11-5-6-13(16)12(7-11)15(19)20/h2-7,18H,1H3,(H,19,20). The van der Waals surface area contributed by atoms with Crippen molar-refractivity contribution in [2.24, 2.45) is 0 Å². The molecular weight excluding hydrogens is 320 g/mol. The number of anilines is 2. The smallest absolute Gasteiger partial charge is 0.336 e. The lowest BCUT2D eigenvalue weighted by Gasteiger charge is -2.12. The van der Waals surface area contributed by atoms with E-state index in [4.69, 9.17) is 10.4 Å². The lowest BCUT2D eigenvalue weighted by molar-refractivity contribution is 0.0696. The lowest BCUT2D eigenvalue weighted by atomic mass is 10.1. The number of benzene rings is 2. The summed E-state index contributed by atoms with van der Waals surface area (Å²) in [5.74, 6) is -1.01. The van der Waals surface area contributed by atoms with Crippen molar-refractivity contribution >= 4 is 33.3 Å². The molecule has 0 saturated carbocycles. The van der Waals surface area contributed by atoms with Crippen LogP contribution in [0.4, 0.5) is 11.4 Å². The number of hydrogen-bond acceptors (Lipinski definition) is 3. The zero-order valence-electron chi connectivity index (χ0n) is 10.6. The number of nitrogens with zero attached hydrogens (tertiary/aromatic N) is 1. The number of carbonyl (C=O) groups is 1. The van der Waals surface area contributed by atoms with Crippen LogP contribution < -0.4 is 5.32 Å². The fraction of sp³-hybridized carbons (Fsp3) is 0.0667. The summed E-state index contributed by atoms with van der Waals surface area (Å²) in [4.78, 5) is 11.1. The fourth-order valence-electron chi connectivity index (χ4n) is 1.84. The van der Waals surface area contributed by atoms with Crippen molar-refractivity contribution < 1.29 is 9.90 Å². The molecule has 0 aliphatic heterocycles. The van der Waals surface area contributed by atoms with Gasteiger partial charge in [0.1, 0.15) is 6.07 Å². The van der Waals surface area contributed by atoms with Crippen LogP contribution in [0.15, 0.2) is 40.9 Å². The van der Waals surface area contributed by atoms with Crippen LogP contribution in [0.25, 0.3) is 0 Å². The van der Waals surface area contributed by atoms with Gasteiger partial charge in [0, 0.05) is 10.2 Å². The van der Waals surface area contributed by atoms with Gasteiger partial charge >= 0.3 is 5.97 Å². The van der Waals surface area contributed by atoms with Gasteiger partial charge in [-0.05, 0) is 52.7 Å². The molecule has 2 aromatic rings. The van der Waals surface area contributed by atoms with E-state index in [1.807, 2.05) is 19.1 Å². The Labute approximate surface area is 124 Å². The van der Waals surface area contributed by atoms with E-state index in [0.29, 0.717) is 21.4 Å². The van der Waals surface area contributed by atoms with E-state index in [-0.39, 0.29) is 5.56 Å². The first kappa shape index (κ1) is 14.1. The van der Waals surface area contributed by atoms with Crippen molar-refractivity contribution in [1.82, 2.24) is 0 Å². The van der Waals surface area contributed by atoms with Gasteiger partial charge in [-0.1, -0.05) is 12.1 Å². The van der Waals surface area contributed by atoms with Gasteiger partial charge in [-0.25, -0.2) is 4.79 Å². The number of halogens is 1. The Morgan fingerprint density at radius 1 is 1.35 bits per heavy atom. The first-order chi connectivity index (χ1) is 9.52. The average Bonchev–Trinajstić information content (AvgIpc) is 2.42. The molecule has 0 heterocycles. The van der Waals surface area contributed by atoms with E-state index in [1.54, 1.807) is 18.2 Å². The lowest BCUT2D eigenvalue weighted by Crippen LogP contribution is -2.01. The summed E-state index contributed by atoms with van der Waals surface area (Å²) in [7, 11) is 0. The summed E-state index contributed by atoms with van der Waals surface area (Å²) in [6.45, 7) is 1.89. The summed E-state index contributed by atoms with van der Waals surface area (Å²) in [5, 5.41) is 21.3. The average molecular weight is 331 g/mol. The van der Waals surface area contributed by atoms with Crippen LogP contribution in [0, 0.1) is 18.3 Å². The Morgan fingerprint density at radius 2 is 2.10 bits per heavy atom. The van der Waals surface area contributed by atoms with Gasteiger partial charge in [0.05, 0.1) is 16.8 Å². The molecule has 2 aromatic carbocycles. The number of rotatable bonds is 3. The third-order valence-corrected chi connectivity index (χ3v) is 3.55. The van der Waals surface area contributed by atoms with Gasteiger partial charge in [-0.2, -0.15) is 5.26 Å². The van der Waals surface area contributed by atoms with Crippen molar-refractivity contribution in [3.8, 4) is 6.07 Å². The third kappa shape index (κ3) is 2.81. The van der Waals surface area contributed by atoms with Gasteiger partial charge in [0.15, 0.2) is 0 Å². The molecule has 0 saturated heterocycles. The molecule has 100 valence electrons. The molecule has 2 rings (SSSR count). The van der Waals surface area contributed by atoms with Crippen LogP contribution in [0.5, 0.6) is 0 Å². The van der Waals surface area contributed by atoms with E-state index < -0.39 is 5.97 Å². The Balaban J connectivity index is 2.44. The van der Waals surface area contributed by atoms with E-state index in [9.17, 15) is 4.79 Å². The van der Waals surface area contributed by atoms with Crippen molar-refractivity contribution in [2.45, 2.75) is 6.92 Å². The minimum Gasteiger partial charge on any atom is -0.478 e. The van der Waals surface area contributed by atoms with E-state index in [1.165, 1.54) is 6.07 Å². The predicted octanol–water partition coefficient (Wildman–Crippen LogP) is 4.07. The predicted molar refractivity (Wildman–Crippen MR) is 80.3 cm³/mol. The molecule has 0 unspecified atom stereocenters. The molecule has 0 fully saturated rings. The Bertz CT molecular complexity index is 720. The first-order valence-corrected chi connectivity index (χ1v) is 6.62. The van der Waals surface area contributed by atoms with E-state index in [0.717, 1.165) is 5.56 Å². The molecule has 2 N–H and O–H groups in total. The topological polar surface area (TPSA) is 73.1 Å². The molecule has 0 aliphatic rings. The van der Waals surface area contributed by atoms with Gasteiger partial charge in [0.25, 0.3) is 0 Å². The van der Waals surface area contributed by atoms with Crippen LogP contribution in [-0.2, 0) is 0 Å². The zero-order chi connectivity index (χ0) is 14.7. The summed E-state index contributed by atoms with van der Waals surface area (Å²) in [6, 6.07) is 12.5. The van der Waals surface area contributed by atoms with Crippen LogP contribution in [0.2, 0.25) is 0 Å². The molecule has 0 spiro atoms.